The van der Waals surface area contributed by atoms with Gasteiger partial charge in [0, 0.05) is 6.54 Å². The molecule has 0 unspecified atom stereocenters. The average molecular weight is 316 g/mol. The molecule has 116 valence electrons. The zero-order chi connectivity index (χ0) is 15.5. The van der Waals surface area contributed by atoms with E-state index in [0.717, 1.165) is 0 Å². The van der Waals surface area contributed by atoms with Crippen LogP contribution in [0.4, 0.5) is 5.82 Å². The molecule has 2 heterocycles. The average Bonchev–Trinajstić information content (AvgIpc) is 2.78. The number of nitrogens with zero attached hydrogens (tertiary/aromatic N) is 4. The van der Waals surface area contributed by atoms with Crippen molar-refractivity contribution in [2.75, 3.05) is 18.7 Å². The van der Waals surface area contributed by atoms with Gasteiger partial charge in [0.2, 0.25) is 6.35 Å². The Labute approximate surface area is 122 Å². The van der Waals surface area contributed by atoms with Gasteiger partial charge < -0.3 is 15.0 Å². The fraction of sp³-hybridized carbons (Fsp3) is 0.545. The van der Waals surface area contributed by atoms with Crippen molar-refractivity contribution in [2.45, 2.75) is 26.5 Å². The number of hydrogen-bond acceptors (Lipinski definition) is 8. The molecule has 0 aliphatic heterocycles. The van der Waals surface area contributed by atoms with E-state index < -0.39 is 7.94 Å². The van der Waals surface area contributed by atoms with E-state index in [4.69, 9.17) is 15.0 Å². The first-order chi connectivity index (χ1) is 9.89. The maximum atomic E-state index is 9.61. The van der Waals surface area contributed by atoms with Crippen LogP contribution in [0.2, 0.25) is 0 Å². The number of fused-ring (bicyclic) bond motifs is 1. The second kappa shape index (κ2) is 6.59. The van der Waals surface area contributed by atoms with Crippen molar-refractivity contribution >= 4 is 24.9 Å². The molecule has 21 heavy (non-hydrogen) atoms. The predicted molar refractivity (Wildman–Crippen MR) is 78.1 cm³/mol. The van der Waals surface area contributed by atoms with Gasteiger partial charge in [-0.25, -0.2) is 15.0 Å². The first kappa shape index (κ1) is 16.0. The Kier molecular flexibility index (Phi) is 5.02. The molecular weight excluding hydrogens is 297 g/mol. The van der Waals surface area contributed by atoms with Crippen LogP contribution in [-0.4, -0.2) is 48.4 Å². The highest BCUT2D eigenvalue weighted by Crippen LogP contribution is 2.51. The highest BCUT2D eigenvalue weighted by atomic mass is 31.2. The van der Waals surface area contributed by atoms with Gasteiger partial charge in [0.25, 0.3) is 0 Å². The van der Waals surface area contributed by atoms with Gasteiger partial charge in [-0.05, 0) is 13.8 Å². The Balaban J connectivity index is 1.87. The molecule has 0 atom stereocenters. The number of rotatable bonds is 7. The van der Waals surface area contributed by atoms with E-state index in [2.05, 4.69) is 15.0 Å². The number of imidazole rings is 1. The van der Waals surface area contributed by atoms with Gasteiger partial charge in [0.05, 0.1) is 12.9 Å². The first-order valence-electron chi connectivity index (χ1n) is 6.40. The highest BCUT2D eigenvalue weighted by molar-refractivity contribution is 7.59. The minimum atomic E-state index is -3.45. The number of ether oxygens (including phenoxy) is 1. The van der Waals surface area contributed by atoms with Crippen LogP contribution in [0.25, 0.3) is 11.2 Å². The molecule has 4 N–H and O–H groups in total. The van der Waals surface area contributed by atoms with Crippen LogP contribution in [0.5, 0.6) is 0 Å². The number of aromatic nitrogens is 4. The molecule has 2 aromatic heterocycles. The third-order valence-corrected chi connectivity index (χ3v) is 3.82. The number of hydrogen-bond donors (Lipinski definition) is 3. The summed E-state index contributed by atoms with van der Waals surface area (Å²) in [6, 6.07) is 0. The molecule has 0 aliphatic rings. The standard InChI is InChI=1S/C11H19N5O4P/c1-8(2)20-21(17,18)7-19-4-3-16-6-15-9-10(12)13-5-14-11(9)16/h5-6,8,17-18H,3-4,7H2,1-2H3,(H2,12,13,14)/q+1. The third-order valence-electron chi connectivity index (χ3n) is 2.55. The van der Waals surface area contributed by atoms with Crippen LogP contribution >= 0.6 is 7.94 Å². The lowest BCUT2D eigenvalue weighted by Crippen LogP contribution is -2.12. The van der Waals surface area contributed by atoms with E-state index in [1.807, 2.05) is 0 Å². The quantitative estimate of drug-likeness (QED) is 0.499. The van der Waals surface area contributed by atoms with Gasteiger partial charge >= 0.3 is 7.94 Å². The lowest BCUT2D eigenvalue weighted by Gasteiger charge is -2.13. The lowest BCUT2D eigenvalue weighted by molar-refractivity contribution is 0.111. The van der Waals surface area contributed by atoms with Crippen molar-refractivity contribution in [1.29, 1.82) is 0 Å². The van der Waals surface area contributed by atoms with E-state index >= 15 is 0 Å². The molecular formula is C11H19N5O4P+. The Morgan fingerprint density at radius 1 is 1.33 bits per heavy atom. The molecule has 0 saturated carbocycles. The molecule has 0 saturated heterocycles. The first-order valence-corrected chi connectivity index (χ1v) is 8.20. The van der Waals surface area contributed by atoms with Crippen molar-refractivity contribution in [3.63, 3.8) is 0 Å². The second-order valence-electron chi connectivity index (χ2n) is 4.73. The monoisotopic (exact) mass is 316 g/mol. The van der Waals surface area contributed by atoms with E-state index in [-0.39, 0.29) is 19.1 Å². The molecule has 0 amide bonds. The number of anilines is 1. The maximum Gasteiger partial charge on any atom is 0.434 e. The fourth-order valence-electron chi connectivity index (χ4n) is 1.78. The largest absolute Gasteiger partial charge is 0.434 e. The zero-order valence-electron chi connectivity index (χ0n) is 11.9. The minimum Gasteiger partial charge on any atom is -0.382 e. The summed E-state index contributed by atoms with van der Waals surface area (Å²) >= 11 is 0. The second-order valence-corrected chi connectivity index (χ2v) is 6.52. The van der Waals surface area contributed by atoms with Crippen molar-refractivity contribution in [3.8, 4) is 0 Å². The summed E-state index contributed by atoms with van der Waals surface area (Å²) in [5.74, 6) is 0.320. The molecule has 0 aliphatic carbocycles. The molecule has 10 heteroatoms. The Morgan fingerprint density at radius 3 is 2.81 bits per heavy atom. The Hall–Kier alpha value is -1.38. The smallest absolute Gasteiger partial charge is 0.382 e. The van der Waals surface area contributed by atoms with Gasteiger partial charge in [0.1, 0.15) is 17.9 Å². The van der Waals surface area contributed by atoms with Crippen LogP contribution < -0.4 is 5.73 Å². The van der Waals surface area contributed by atoms with Gasteiger partial charge in [-0.15, -0.1) is 0 Å². The summed E-state index contributed by atoms with van der Waals surface area (Å²) in [7, 11) is -3.45. The third kappa shape index (κ3) is 4.29. The van der Waals surface area contributed by atoms with Crippen LogP contribution in [-0.2, 0) is 15.8 Å². The summed E-state index contributed by atoms with van der Waals surface area (Å²) in [5.41, 5.74) is 6.84. The molecule has 2 rings (SSSR count). The van der Waals surface area contributed by atoms with Crippen LogP contribution in [0.3, 0.4) is 0 Å². The van der Waals surface area contributed by atoms with Crippen molar-refractivity contribution in [1.82, 2.24) is 19.5 Å². The maximum absolute atomic E-state index is 9.61. The molecule has 9 nitrogen and oxygen atoms in total. The van der Waals surface area contributed by atoms with E-state index in [9.17, 15) is 9.79 Å². The summed E-state index contributed by atoms with van der Waals surface area (Å²) in [5, 5.41) is 0. The number of nitrogen functional groups attached to an aromatic ring is 1. The summed E-state index contributed by atoms with van der Waals surface area (Å²) < 4.78 is 12.0. The van der Waals surface area contributed by atoms with Gasteiger partial charge in [-0.1, -0.05) is 0 Å². The SMILES string of the molecule is CC(C)O[P+](O)(O)COCCn1cnc2c(N)ncnc21. The molecule has 0 fully saturated rings. The lowest BCUT2D eigenvalue weighted by atomic mass is 10.5. The molecule has 0 bridgehead atoms. The van der Waals surface area contributed by atoms with Crippen LogP contribution in [0.1, 0.15) is 13.8 Å². The zero-order valence-corrected chi connectivity index (χ0v) is 12.8. The van der Waals surface area contributed by atoms with Crippen molar-refractivity contribution in [3.05, 3.63) is 12.7 Å². The molecule has 0 spiro atoms. The Morgan fingerprint density at radius 2 is 2.10 bits per heavy atom. The summed E-state index contributed by atoms with van der Waals surface area (Å²) in [6.45, 7) is 4.17. The molecule has 0 radical (unpaired) electrons. The van der Waals surface area contributed by atoms with E-state index in [0.29, 0.717) is 23.5 Å². The fourth-order valence-corrected chi connectivity index (χ4v) is 2.88. The van der Waals surface area contributed by atoms with E-state index in [1.165, 1.54) is 6.33 Å². The number of nitrogens with two attached hydrogens (primary N) is 1. The van der Waals surface area contributed by atoms with Crippen LogP contribution in [0, 0.1) is 0 Å². The van der Waals surface area contributed by atoms with E-state index in [1.54, 1.807) is 24.7 Å². The van der Waals surface area contributed by atoms with Crippen molar-refractivity contribution < 1.29 is 19.0 Å². The predicted octanol–water partition coefficient (Wildman–Crippen LogP) is 0.555. The molecule has 2 aromatic rings. The Bertz CT molecular complexity index is 603. The van der Waals surface area contributed by atoms with Crippen molar-refractivity contribution in [2.24, 2.45) is 0 Å². The topological polar surface area (TPSA) is 129 Å². The normalized spacial score (nSPS) is 12.4. The van der Waals surface area contributed by atoms with Gasteiger partial charge in [-0.2, -0.15) is 14.3 Å². The van der Waals surface area contributed by atoms with Gasteiger partial charge in [0.15, 0.2) is 11.5 Å². The highest BCUT2D eigenvalue weighted by Gasteiger charge is 2.37. The van der Waals surface area contributed by atoms with Gasteiger partial charge in [-0.3, -0.25) is 0 Å². The minimum absolute atomic E-state index is 0.241. The summed E-state index contributed by atoms with van der Waals surface area (Å²) in [6.07, 6.45) is 2.44. The molecule has 0 aromatic carbocycles. The van der Waals surface area contributed by atoms with Crippen LogP contribution in [0.15, 0.2) is 12.7 Å². The summed E-state index contributed by atoms with van der Waals surface area (Å²) in [4.78, 5) is 31.3.